The van der Waals surface area contributed by atoms with E-state index in [1.165, 1.54) is 0 Å². The van der Waals surface area contributed by atoms with Crippen LogP contribution >= 0.6 is 0 Å². The first kappa shape index (κ1) is 15.4. The molecule has 1 rings (SSSR count). The lowest BCUT2D eigenvalue weighted by atomic mass is 9.96. The second-order valence-corrected chi connectivity index (χ2v) is 5.46. The predicted octanol–water partition coefficient (Wildman–Crippen LogP) is 1.49. The molecule has 0 heterocycles. The first-order valence-corrected chi connectivity index (χ1v) is 7.31. The Morgan fingerprint density at radius 1 is 1.50 bits per heavy atom. The van der Waals surface area contributed by atoms with E-state index in [-0.39, 0.29) is 5.91 Å². The number of likely N-dealkylation sites (N-methyl/N-ethyl adjacent to an activating group) is 1. The Kier molecular flexibility index (Phi) is 5.60. The van der Waals surface area contributed by atoms with Crippen LogP contribution in [0.3, 0.4) is 0 Å². The number of nitrogens with one attached hydrogen (secondary N) is 1. The minimum absolute atomic E-state index is 0.188. The minimum Gasteiger partial charge on any atom is -0.368 e. The van der Waals surface area contributed by atoms with Gasteiger partial charge in [0.1, 0.15) is 0 Å². The van der Waals surface area contributed by atoms with Crippen molar-refractivity contribution in [2.45, 2.75) is 71.0 Å². The van der Waals surface area contributed by atoms with Gasteiger partial charge in [-0.05, 0) is 45.7 Å². The summed E-state index contributed by atoms with van der Waals surface area (Å²) in [6, 6.07) is 1.06. The van der Waals surface area contributed by atoms with Gasteiger partial charge >= 0.3 is 0 Å². The maximum Gasteiger partial charge on any atom is 0.237 e. The number of carbonyl (C=O) groups is 1. The summed E-state index contributed by atoms with van der Waals surface area (Å²) in [4.78, 5) is 14.3. The van der Waals surface area contributed by atoms with E-state index in [1.54, 1.807) is 0 Å². The zero-order valence-electron chi connectivity index (χ0n) is 12.3. The van der Waals surface area contributed by atoms with Crippen molar-refractivity contribution in [3.05, 3.63) is 0 Å². The number of primary amides is 1. The molecule has 3 N–H and O–H groups in total. The molecule has 4 heteroatoms. The molecule has 18 heavy (non-hydrogen) atoms. The average Bonchev–Trinajstić information content (AvgIpc) is 2.76. The summed E-state index contributed by atoms with van der Waals surface area (Å²) in [7, 11) is 0. The summed E-state index contributed by atoms with van der Waals surface area (Å²) in [5, 5.41) is 3.32. The van der Waals surface area contributed by atoms with Crippen LogP contribution in [-0.2, 0) is 4.79 Å². The molecule has 1 aliphatic carbocycles. The molecule has 0 bridgehead atoms. The van der Waals surface area contributed by atoms with Crippen molar-refractivity contribution >= 4 is 5.91 Å². The fourth-order valence-electron chi connectivity index (χ4n) is 3.28. The van der Waals surface area contributed by atoms with Gasteiger partial charge in [0.05, 0.1) is 5.54 Å². The maximum atomic E-state index is 11.8. The van der Waals surface area contributed by atoms with Crippen LogP contribution in [0.2, 0.25) is 0 Å². The van der Waals surface area contributed by atoms with Gasteiger partial charge in [-0.2, -0.15) is 0 Å². The molecule has 106 valence electrons. The van der Waals surface area contributed by atoms with Crippen LogP contribution in [0, 0.1) is 0 Å². The summed E-state index contributed by atoms with van der Waals surface area (Å²) < 4.78 is 0. The summed E-state index contributed by atoms with van der Waals surface area (Å²) in [6.07, 6.45) is 3.94. The molecule has 0 radical (unpaired) electrons. The molecule has 3 atom stereocenters. The van der Waals surface area contributed by atoms with E-state index in [0.29, 0.717) is 12.1 Å². The van der Waals surface area contributed by atoms with E-state index >= 15 is 0 Å². The summed E-state index contributed by atoms with van der Waals surface area (Å²) in [6.45, 7) is 10.6. The molecule has 1 aliphatic rings. The van der Waals surface area contributed by atoms with Gasteiger partial charge in [-0.25, -0.2) is 0 Å². The lowest BCUT2D eigenvalue weighted by Gasteiger charge is -2.34. The first-order valence-electron chi connectivity index (χ1n) is 7.31. The number of nitrogens with two attached hydrogens (primary N) is 1. The monoisotopic (exact) mass is 255 g/mol. The molecule has 0 spiro atoms. The SMILES string of the molecule is CCNC1(C(N)=O)CCC(N(CC)C(C)CC)C1. The molecule has 4 nitrogen and oxygen atoms in total. The van der Waals surface area contributed by atoms with Crippen molar-refractivity contribution < 1.29 is 4.79 Å². The topological polar surface area (TPSA) is 58.4 Å². The van der Waals surface area contributed by atoms with E-state index < -0.39 is 5.54 Å². The summed E-state index contributed by atoms with van der Waals surface area (Å²) in [5.41, 5.74) is 5.14. The Labute approximate surface area is 111 Å². The third kappa shape index (κ3) is 3.04. The van der Waals surface area contributed by atoms with Crippen LogP contribution in [0.25, 0.3) is 0 Å². The molecule has 0 aliphatic heterocycles. The number of hydrogen-bond donors (Lipinski definition) is 2. The lowest BCUT2D eigenvalue weighted by Crippen LogP contribution is -2.55. The predicted molar refractivity (Wildman–Crippen MR) is 75.4 cm³/mol. The van der Waals surface area contributed by atoms with Crippen LogP contribution in [0.15, 0.2) is 0 Å². The second-order valence-electron chi connectivity index (χ2n) is 5.46. The van der Waals surface area contributed by atoms with E-state index in [1.807, 2.05) is 6.92 Å². The van der Waals surface area contributed by atoms with Crippen molar-refractivity contribution in [2.75, 3.05) is 13.1 Å². The quantitative estimate of drug-likeness (QED) is 0.724. The highest BCUT2D eigenvalue weighted by atomic mass is 16.1. The third-order valence-corrected chi connectivity index (χ3v) is 4.47. The highest BCUT2D eigenvalue weighted by molar-refractivity contribution is 5.85. The fourth-order valence-corrected chi connectivity index (χ4v) is 3.28. The van der Waals surface area contributed by atoms with Gasteiger partial charge in [0, 0.05) is 12.1 Å². The summed E-state index contributed by atoms with van der Waals surface area (Å²) in [5.74, 6) is -0.188. The van der Waals surface area contributed by atoms with Gasteiger partial charge in [-0.3, -0.25) is 9.69 Å². The normalized spacial score (nSPS) is 29.7. The van der Waals surface area contributed by atoms with Crippen LogP contribution in [0.4, 0.5) is 0 Å². The zero-order valence-corrected chi connectivity index (χ0v) is 12.3. The molecule has 1 fully saturated rings. The van der Waals surface area contributed by atoms with E-state index in [9.17, 15) is 4.79 Å². The second kappa shape index (κ2) is 6.53. The van der Waals surface area contributed by atoms with Crippen LogP contribution in [0.1, 0.15) is 53.4 Å². The van der Waals surface area contributed by atoms with Crippen molar-refractivity contribution in [3.8, 4) is 0 Å². The van der Waals surface area contributed by atoms with Crippen molar-refractivity contribution in [1.82, 2.24) is 10.2 Å². The van der Waals surface area contributed by atoms with Crippen molar-refractivity contribution in [1.29, 1.82) is 0 Å². The first-order chi connectivity index (χ1) is 8.50. The molecule has 0 aromatic heterocycles. The van der Waals surface area contributed by atoms with Gasteiger partial charge in [-0.15, -0.1) is 0 Å². The van der Waals surface area contributed by atoms with E-state index in [0.717, 1.165) is 38.8 Å². The average molecular weight is 255 g/mol. The van der Waals surface area contributed by atoms with Gasteiger partial charge in [0.2, 0.25) is 5.91 Å². The minimum atomic E-state index is -0.472. The molecule has 1 amide bonds. The van der Waals surface area contributed by atoms with Gasteiger partial charge in [0.15, 0.2) is 0 Å². The van der Waals surface area contributed by atoms with Crippen LogP contribution in [-0.4, -0.2) is 41.5 Å². The molecule has 1 saturated carbocycles. The third-order valence-electron chi connectivity index (χ3n) is 4.47. The highest BCUT2D eigenvalue weighted by Gasteiger charge is 2.45. The fraction of sp³-hybridized carbons (Fsp3) is 0.929. The van der Waals surface area contributed by atoms with Crippen molar-refractivity contribution in [3.63, 3.8) is 0 Å². The Morgan fingerprint density at radius 3 is 2.61 bits per heavy atom. The Balaban J connectivity index is 2.76. The Hall–Kier alpha value is -0.610. The van der Waals surface area contributed by atoms with Crippen LogP contribution < -0.4 is 11.1 Å². The molecular weight excluding hydrogens is 226 g/mol. The number of carbonyl (C=O) groups excluding carboxylic acids is 1. The molecule has 0 saturated heterocycles. The lowest BCUT2D eigenvalue weighted by molar-refractivity contribution is -0.124. The molecule has 3 unspecified atom stereocenters. The Morgan fingerprint density at radius 2 is 2.17 bits per heavy atom. The van der Waals surface area contributed by atoms with E-state index in [2.05, 4.69) is 31.0 Å². The van der Waals surface area contributed by atoms with Crippen LogP contribution in [0.5, 0.6) is 0 Å². The zero-order chi connectivity index (χ0) is 13.8. The number of hydrogen-bond acceptors (Lipinski definition) is 3. The Bertz CT molecular complexity index is 282. The van der Waals surface area contributed by atoms with Gasteiger partial charge < -0.3 is 11.1 Å². The number of amides is 1. The van der Waals surface area contributed by atoms with Gasteiger partial charge in [0.25, 0.3) is 0 Å². The standard InChI is InChI=1S/C14H29N3O/c1-5-11(4)17(7-3)12-8-9-14(10-12,13(15)18)16-6-2/h11-12,16H,5-10H2,1-4H3,(H2,15,18). The largest absolute Gasteiger partial charge is 0.368 e. The molecule has 0 aromatic rings. The maximum absolute atomic E-state index is 11.8. The van der Waals surface area contributed by atoms with Crippen molar-refractivity contribution in [2.24, 2.45) is 5.73 Å². The van der Waals surface area contributed by atoms with E-state index in [4.69, 9.17) is 5.73 Å². The highest BCUT2D eigenvalue weighted by Crippen LogP contribution is 2.34. The molecule has 0 aromatic carbocycles. The summed E-state index contributed by atoms with van der Waals surface area (Å²) >= 11 is 0. The van der Waals surface area contributed by atoms with Gasteiger partial charge in [-0.1, -0.05) is 20.8 Å². The molecular formula is C14H29N3O. The number of nitrogens with zero attached hydrogens (tertiary/aromatic N) is 1. The number of rotatable bonds is 7. The smallest absolute Gasteiger partial charge is 0.237 e.